The number of rotatable bonds is 3. The molecule has 1 N–H and O–H groups in total. The SMILES string of the molecule is CC(C)(C)OC(=O)n1cc(Cc2cccc(O)c2F)c2cc(-c3cccs3)cnc21. The van der Waals surface area contributed by atoms with Gasteiger partial charge >= 0.3 is 6.09 Å². The third-order valence-electron chi connectivity index (χ3n) is 4.56. The van der Waals surface area contributed by atoms with Gasteiger partial charge in [0.05, 0.1) is 0 Å². The van der Waals surface area contributed by atoms with Crippen LogP contribution in [0.5, 0.6) is 5.75 Å². The molecule has 0 aliphatic heterocycles. The summed E-state index contributed by atoms with van der Waals surface area (Å²) in [7, 11) is 0. The summed E-state index contributed by atoms with van der Waals surface area (Å²) in [6, 6.07) is 10.4. The molecule has 0 atom stereocenters. The van der Waals surface area contributed by atoms with Crippen molar-refractivity contribution in [1.82, 2.24) is 9.55 Å². The van der Waals surface area contributed by atoms with Crippen molar-refractivity contribution < 1.29 is 19.0 Å². The lowest BCUT2D eigenvalue weighted by Gasteiger charge is -2.19. The number of aromatic hydroxyl groups is 1. The summed E-state index contributed by atoms with van der Waals surface area (Å²) in [6.07, 6.45) is 3.00. The Hall–Kier alpha value is -3.19. The number of phenols is 1. The highest BCUT2D eigenvalue weighted by atomic mass is 32.1. The Morgan fingerprint density at radius 3 is 2.73 bits per heavy atom. The molecule has 154 valence electrons. The van der Waals surface area contributed by atoms with E-state index in [0.717, 1.165) is 15.8 Å². The van der Waals surface area contributed by atoms with E-state index in [4.69, 9.17) is 4.74 Å². The van der Waals surface area contributed by atoms with Crippen LogP contribution >= 0.6 is 11.3 Å². The van der Waals surface area contributed by atoms with Gasteiger partial charge in [0.1, 0.15) is 11.2 Å². The number of hydrogen-bond donors (Lipinski definition) is 1. The highest BCUT2D eigenvalue weighted by Gasteiger charge is 2.22. The monoisotopic (exact) mass is 424 g/mol. The van der Waals surface area contributed by atoms with Gasteiger partial charge in [0.15, 0.2) is 11.6 Å². The summed E-state index contributed by atoms with van der Waals surface area (Å²) < 4.78 is 21.3. The van der Waals surface area contributed by atoms with Crippen molar-refractivity contribution in [3.05, 3.63) is 71.1 Å². The first-order valence-electron chi connectivity index (χ1n) is 9.46. The Morgan fingerprint density at radius 2 is 2.03 bits per heavy atom. The van der Waals surface area contributed by atoms with Crippen molar-refractivity contribution in [1.29, 1.82) is 0 Å². The number of benzene rings is 1. The van der Waals surface area contributed by atoms with Gasteiger partial charge in [0, 0.05) is 34.6 Å². The summed E-state index contributed by atoms with van der Waals surface area (Å²) in [5.41, 5.74) is 1.74. The normalized spacial score (nSPS) is 11.7. The van der Waals surface area contributed by atoms with Gasteiger partial charge < -0.3 is 9.84 Å². The maximum atomic E-state index is 14.4. The van der Waals surface area contributed by atoms with Crippen molar-refractivity contribution >= 4 is 28.5 Å². The number of ether oxygens (including phenoxy) is 1. The first-order valence-corrected chi connectivity index (χ1v) is 10.3. The summed E-state index contributed by atoms with van der Waals surface area (Å²) in [5, 5.41) is 12.4. The minimum Gasteiger partial charge on any atom is -0.505 e. The van der Waals surface area contributed by atoms with E-state index in [1.807, 2.05) is 23.6 Å². The molecule has 3 aromatic heterocycles. The molecule has 0 amide bonds. The average molecular weight is 424 g/mol. The van der Waals surface area contributed by atoms with E-state index >= 15 is 0 Å². The standard InChI is InChI=1S/C23H21FN2O3S/c1-23(2,3)29-22(28)26-13-16(10-14-6-4-7-18(27)20(14)24)17-11-15(12-25-21(17)26)19-8-5-9-30-19/h4-9,11-13,27H,10H2,1-3H3. The van der Waals surface area contributed by atoms with Crippen LogP contribution < -0.4 is 0 Å². The Balaban J connectivity index is 1.85. The topological polar surface area (TPSA) is 64.3 Å². The van der Waals surface area contributed by atoms with Crippen LogP contribution in [0.3, 0.4) is 0 Å². The number of phenolic OH excluding ortho intramolecular Hbond substituents is 1. The molecule has 5 nitrogen and oxygen atoms in total. The van der Waals surface area contributed by atoms with Crippen molar-refractivity contribution in [2.24, 2.45) is 0 Å². The predicted octanol–water partition coefficient (Wildman–Crippen LogP) is 5.98. The van der Waals surface area contributed by atoms with Gasteiger partial charge in [0.25, 0.3) is 0 Å². The first kappa shape index (κ1) is 20.1. The van der Waals surface area contributed by atoms with Crippen molar-refractivity contribution in [2.45, 2.75) is 32.8 Å². The summed E-state index contributed by atoms with van der Waals surface area (Å²) in [6.45, 7) is 5.38. The molecular weight excluding hydrogens is 403 g/mol. The number of carbonyl (C=O) groups is 1. The number of fused-ring (bicyclic) bond motifs is 1. The van der Waals surface area contributed by atoms with Gasteiger partial charge in [0.2, 0.25) is 0 Å². The van der Waals surface area contributed by atoms with Crippen molar-refractivity contribution in [3.63, 3.8) is 0 Å². The molecule has 30 heavy (non-hydrogen) atoms. The Bertz CT molecular complexity index is 1220. The maximum Gasteiger partial charge on any atom is 0.420 e. The molecule has 0 saturated heterocycles. The molecule has 0 aliphatic carbocycles. The van der Waals surface area contributed by atoms with Crippen LogP contribution in [-0.4, -0.2) is 26.4 Å². The quantitative estimate of drug-likeness (QED) is 0.439. The second-order valence-electron chi connectivity index (χ2n) is 8.00. The van der Waals surface area contributed by atoms with E-state index in [-0.39, 0.29) is 6.42 Å². The number of carbonyl (C=O) groups excluding carboxylic acids is 1. The molecule has 1 aromatic carbocycles. The molecule has 3 heterocycles. The smallest absolute Gasteiger partial charge is 0.420 e. The van der Waals surface area contributed by atoms with E-state index in [1.54, 1.807) is 56.6 Å². The molecule has 0 saturated carbocycles. The first-order chi connectivity index (χ1) is 14.2. The molecule has 0 bridgehead atoms. The van der Waals surface area contributed by atoms with E-state index < -0.39 is 23.3 Å². The van der Waals surface area contributed by atoms with Gasteiger partial charge in [-0.25, -0.2) is 18.7 Å². The van der Waals surface area contributed by atoms with E-state index in [0.29, 0.717) is 16.8 Å². The molecule has 0 fully saturated rings. The van der Waals surface area contributed by atoms with Crippen LogP contribution in [0.2, 0.25) is 0 Å². The van der Waals surface area contributed by atoms with Gasteiger partial charge in [-0.15, -0.1) is 11.3 Å². The molecule has 7 heteroatoms. The summed E-state index contributed by atoms with van der Waals surface area (Å²) in [5.74, 6) is -1.07. The number of hydrogen-bond acceptors (Lipinski definition) is 5. The lowest BCUT2D eigenvalue weighted by atomic mass is 10.0. The fourth-order valence-corrected chi connectivity index (χ4v) is 3.96. The average Bonchev–Trinajstić information content (AvgIpc) is 3.32. The van der Waals surface area contributed by atoms with Crippen LogP contribution in [0.25, 0.3) is 21.5 Å². The van der Waals surface area contributed by atoms with Crippen LogP contribution in [0.1, 0.15) is 31.9 Å². The highest BCUT2D eigenvalue weighted by Crippen LogP contribution is 2.31. The van der Waals surface area contributed by atoms with Crippen molar-refractivity contribution in [3.8, 4) is 16.2 Å². The third kappa shape index (κ3) is 3.93. The van der Waals surface area contributed by atoms with Crippen LogP contribution in [0.4, 0.5) is 9.18 Å². The maximum absolute atomic E-state index is 14.4. The molecule has 4 aromatic rings. The second-order valence-corrected chi connectivity index (χ2v) is 8.95. The predicted molar refractivity (Wildman–Crippen MR) is 116 cm³/mol. The largest absolute Gasteiger partial charge is 0.505 e. The zero-order valence-corrected chi connectivity index (χ0v) is 17.7. The fraction of sp³-hybridized carbons (Fsp3) is 0.217. The minimum absolute atomic E-state index is 0.197. The Kier molecular flexibility index (Phi) is 5.07. The zero-order valence-electron chi connectivity index (χ0n) is 16.8. The van der Waals surface area contributed by atoms with Gasteiger partial charge in [-0.05, 0) is 55.5 Å². The Morgan fingerprint density at radius 1 is 1.23 bits per heavy atom. The molecule has 4 rings (SSSR count). The fourth-order valence-electron chi connectivity index (χ4n) is 3.25. The van der Waals surface area contributed by atoms with E-state index in [2.05, 4.69) is 4.98 Å². The van der Waals surface area contributed by atoms with Gasteiger partial charge in [-0.3, -0.25) is 0 Å². The van der Waals surface area contributed by atoms with E-state index in [9.17, 15) is 14.3 Å². The van der Waals surface area contributed by atoms with Crippen LogP contribution in [0.15, 0.2) is 54.2 Å². The van der Waals surface area contributed by atoms with Crippen LogP contribution in [0, 0.1) is 5.82 Å². The minimum atomic E-state index is -0.668. The molecule has 0 aliphatic rings. The lowest BCUT2D eigenvalue weighted by molar-refractivity contribution is 0.0543. The number of nitrogens with zero attached hydrogens (tertiary/aromatic N) is 2. The lowest BCUT2D eigenvalue weighted by Crippen LogP contribution is -2.26. The zero-order chi connectivity index (χ0) is 21.5. The van der Waals surface area contributed by atoms with Gasteiger partial charge in [-0.2, -0.15) is 0 Å². The second kappa shape index (κ2) is 7.57. The highest BCUT2D eigenvalue weighted by molar-refractivity contribution is 7.13. The number of thiophene rings is 1. The van der Waals surface area contributed by atoms with Gasteiger partial charge in [-0.1, -0.05) is 18.2 Å². The summed E-state index contributed by atoms with van der Waals surface area (Å²) >= 11 is 1.59. The third-order valence-corrected chi connectivity index (χ3v) is 5.48. The molecule has 0 unspecified atom stereocenters. The molecular formula is C23H21FN2O3S. The molecule has 0 spiro atoms. The van der Waals surface area contributed by atoms with E-state index in [1.165, 1.54) is 10.6 Å². The number of halogens is 1. The summed E-state index contributed by atoms with van der Waals surface area (Å²) in [4.78, 5) is 18.3. The van der Waals surface area contributed by atoms with Crippen molar-refractivity contribution in [2.75, 3.05) is 0 Å². The molecule has 0 radical (unpaired) electrons. The Labute approximate surface area is 177 Å². The number of aromatic nitrogens is 2. The van der Waals surface area contributed by atoms with Crippen LogP contribution in [-0.2, 0) is 11.2 Å². The number of pyridine rings is 1.